The Morgan fingerprint density at radius 1 is 1.00 bits per heavy atom. The highest BCUT2D eigenvalue weighted by atomic mass is 15.1. The van der Waals surface area contributed by atoms with Crippen molar-refractivity contribution in [3.8, 4) is 0 Å². The fourth-order valence-electron chi connectivity index (χ4n) is 3.80. The fourth-order valence-corrected chi connectivity index (χ4v) is 3.80. The Morgan fingerprint density at radius 3 is 2.28 bits per heavy atom. The number of hydrogen-bond donors (Lipinski definition) is 1. The Labute approximate surface area is 152 Å². The summed E-state index contributed by atoms with van der Waals surface area (Å²) in [4.78, 5) is 2.39. The zero-order valence-electron chi connectivity index (χ0n) is 16.2. The van der Waals surface area contributed by atoms with Gasteiger partial charge < -0.3 is 10.2 Å². The molecule has 2 nitrogen and oxygen atoms in total. The first-order valence-electron chi connectivity index (χ1n) is 9.39. The Bertz CT molecular complexity index is 769. The molecule has 0 amide bonds. The van der Waals surface area contributed by atoms with Crippen LogP contribution < -0.4 is 10.2 Å². The zero-order valence-corrected chi connectivity index (χ0v) is 16.2. The van der Waals surface area contributed by atoms with Gasteiger partial charge in [0.15, 0.2) is 0 Å². The van der Waals surface area contributed by atoms with E-state index in [-0.39, 0.29) is 5.41 Å². The summed E-state index contributed by atoms with van der Waals surface area (Å²) in [6, 6.07) is 15.7. The minimum absolute atomic E-state index is 0.194. The minimum atomic E-state index is 0.194. The Morgan fingerprint density at radius 2 is 1.68 bits per heavy atom. The smallest absolute Gasteiger partial charge is 0.0414 e. The van der Waals surface area contributed by atoms with Gasteiger partial charge in [0.1, 0.15) is 0 Å². The van der Waals surface area contributed by atoms with E-state index >= 15 is 0 Å². The van der Waals surface area contributed by atoms with Crippen LogP contribution in [0.4, 0.5) is 17.1 Å². The SMILES string of the molecule is CCC1=CCC(C)(C)c2cc(N(CC)c3ccc(NC)cc3)ccc21. The third kappa shape index (κ3) is 3.30. The summed E-state index contributed by atoms with van der Waals surface area (Å²) in [6.07, 6.45) is 4.65. The predicted octanol–water partition coefficient (Wildman–Crippen LogP) is 6.36. The van der Waals surface area contributed by atoms with Crippen molar-refractivity contribution in [1.29, 1.82) is 0 Å². The van der Waals surface area contributed by atoms with Gasteiger partial charge in [-0.3, -0.25) is 0 Å². The molecule has 0 radical (unpaired) electrons. The number of hydrogen-bond acceptors (Lipinski definition) is 2. The van der Waals surface area contributed by atoms with Gasteiger partial charge in [-0.25, -0.2) is 0 Å². The maximum absolute atomic E-state index is 3.19. The van der Waals surface area contributed by atoms with Gasteiger partial charge in [-0.15, -0.1) is 0 Å². The molecule has 0 heterocycles. The lowest BCUT2D eigenvalue weighted by molar-refractivity contribution is 0.526. The second kappa shape index (κ2) is 6.95. The van der Waals surface area contributed by atoms with Crippen molar-refractivity contribution in [3.05, 3.63) is 59.7 Å². The Kier molecular flexibility index (Phi) is 4.89. The van der Waals surface area contributed by atoms with Crippen LogP contribution in [0, 0.1) is 0 Å². The summed E-state index contributed by atoms with van der Waals surface area (Å²) in [5.41, 5.74) is 8.26. The van der Waals surface area contributed by atoms with Crippen LogP contribution in [0.5, 0.6) is 0 Å². The normalized spacial score (nSPS) is 15.3. The quantitative estimate of drug-likeness (QED) is 0.684. The third-order valence-electron chi connectivity index (χ3n) is 5.41. The molecular weight excluding hydrogens is 304 g/mol. The first-order chi connectivity index (χ1) is 12.0. The monoisotopic (exact) mass is 334 g/mol. The highest BCUT2D eigenvalue weighted by Gasteiger charge is 2.28. The van der Waals surface area contributed by atoms with Crippen molar-refractivity contribution < 1.29 is 0 Å². The van der Waals surface area contributed by atoms with Crippen LogP contribution in [0.3, 0.4) is 0 Å². The Balaban J connectivity index is 2.03. The summed E-state index contributed by atoms with van der Waals surface area (Å²) < 4.78 is 0. The third-order valence-corrected chi connectivity index (χ3v) is 5.41. The number of fused-ring (bicyclic) bond motifs is 1. The van der Waals surface area contributed by atoms with E-state index in [0.717, 1.165) is 25.1 Å². The summed E-state index contributed by atoms with van der Waals surface area (Å²) in [5.74, 6) is 0. The van der Waals surface area contributed by atoms with E-state index in [0.29, 0.717) is 0 Å². The van der Waals surface area contributed by atoms with Gasteiger partial charge >= 0.3 is 0 Å². The van der Waals surface area contributed by atoms with E-state index in [1.807, 2.05) is 7.05 Å². The average Bonchev–Trinajstić information content (AvgIpc) is 2.63. The van der Waals surface area contributed by atoms with E-state index in [2.05, 4.69) is 86.5 Å². The molecule has 2 aromatic carbocycles. The van der Waals surface area contributed by atoms with Crippen LogP contribution in [0.25, 0.3) is 5.57 Å². The molecule has 1 N–H and O–H groups in total. The van der Waals surface area contributed by atoms with Gasteiger partial charge in [-0.05, 0) is 78.3 Å². The first kappa shape index (κ1) is 17.6. The molecule has 3 rings (SSSR count). The number of allylic oxidation sites excluding steroid dienone is 2. The highest BCUT2D eigenvalue weighted by Crippen LogP contribution is 2.42. The molecule has 2 heteroatoms. The van der Waals surface area contributed by atoms with Crippen molar-refractivity contribution in [2.24, 2.45) is 0 Å². The van der Waals surface area contributed by atoms with Gasteiger partial charge in [-0.1, -0.05) is 32.9 Å². The van der Waals surface area contributed by atoms with E-state index in [1.54, 1.807) is 0 Å². The largest absolute Gasteiger partial charge is 0.388 e. The van der Waals surface area contributed by atoms with Crippen LogP contribution in [0.1, 0.15) is 51.7 Å². The van der Waals surface area contributed by atoms with Crippen LogP contribution >= 0.6 is 0 Å². The number of anilines is 3. The molecule has 0 bridgehead atoms. The minimum Gasteiger partial charge on any atom is -0.388 e. The van der Waals surface area contributed by atoms with E-state index in [9.17, 15) is 0 Å². The Hall–Kier alpha value is -2.22. The molecule has 0 atom stereocenters. The predicted molar refractivity (Wildman–Crippen MR) is 111 cm³/mol. The molecule has 0 spiro atoms. The topological polar surface area (TPSA) is 15.3 Å². The molecule has 1 aliphatic carbocycles. The summed E-state index contributed by atoms with van der Waals surface area (Å²) >= 11 is 0. The number of nitrogens with zero attached hydrogens (tertiary/aromatic N) is 1. The number of nitrogens with one attached hydrogen (secondary N) is 1. The lowest BCUT2D eigenvalue weighted by Crippen LogP contribution is -2.23. The second-order valence-corrected chi connectivity index (χ2v) is 7.44. The van der Waals surface area contributed by atoms with Gasteiger partial charge in [0.2, 0.25) is 0 Å². The molecule has 0 unspecified atom stereocenters. The molecule has 1 aliphatic rings. The molecule has 0 fully saturated rings. The van der Waals surface area contributed by atoms with E-state index in [1.165, 1.54) is 28.1 Å². The van der Waals surface area contributed by atoms with Crippen LogP contribution in [-0.2, 0) is 5.41 Å². The lowest BCUT2D eigenvalue weighted by atomic mass is 9.73. The maximum Gasteiger partial charge on any atom is 0.0414 e. The zero-order chi connectivity index (χ0) is 18.0. The molecule has 25 heavy (non-hydrogen) atoms. The van der Waals surface area contributed by atoms with Crippen molar-refractivity contribution >= 4 is 22.6 Å². The van der Waals surface area contributed by atoms with Crippen LogP contribution in [0.15, 0.2) is 48.5 Å². The summed E-state index contributed by atoms with van der Waals surface area (Å²) in [7, 11) is 1.96. The molecule has 2 aromatic rings. The number of rotatable bonds is 5. The standard InChI is InChI=1S/C23H30N2/c1-6-17-14-15-23(3,4)22-16-20(12-13-21(17)22)25(7-2)19-10-8-18(24-5)9-11-19/h8-14,16,24H,6-7,15H2,1-5H3. The van der Waals surface area contributed by atoms with Crippen molar-refractivity contribution in [2.75, 3.05) is 23.8 Å². The van der Waals surface area contributed by atoms with Crippen molar-refractivity contribution in [2.45, 2.75) is 46.0 Å². The maximum atomic E-state index is 3.19. The van der Waals surface area contributed by atoms with Crippen LogP contribution in [0.2, 0.25) is 0 Å². The lowest BCUT2D eigenvalue weighted by Gasteiger charge is -2.34. The molecular formula is C23H30N2. The number of benzene rings is 2. The molecule has 0 aliphatic heterocycles. The van der Waals surface area contributed by atoms with Crippen LogP contribution in [-0.4, -0.2) is 13.6 Å². The van der Waals surface area contributed by atoms with Crippen molar-refractivity contribution in [1.82, 2.24) is 0 Å². The average molecular weight is 335 g/mol. The molecule has 0 aromatic heterocycles. The summed E-state index contributed by atoms with van der Waals surface area (Å²) in [5, 5.41) is 3.19. The van der Waals surface area contributed by atoms with Crippen molar-refractivity contribution in [3.63, 3.8) is 0 Å². The van der Waals surface area contributed by atoms with Gasteiger partial charge in [0, 0.05) is 30.7 Å². The molecule has 0 saturated heterocycles. The van der Waals surface area contributed by atoms with E-state index in [4.69, 9.17) is 0 Å². The first-order valence-corrected chi connectivity index (χ1v) is 9.39. The van der Waals surface area contributed by atoms with E-state index < -0.39 is 0 Å². The van der Waals surface area contributed by atoms with Gasteiger partial charge in [-0.2, -0.15) is 0 Å². The molecule has 132 valence electrons. The summed E-state index contributed by atoms with van der Waals surface area (Å²) in [6.45, 7) is 10.1. The van der Waals surface area contributed by atoms with Gasteiger partial charge in [0.05, 0.1) is 0 Å². The molecule has 0 saturated carbocycles. The second-order valence-electron chi connectivity index (χ2n) is 7.44. The highest BCUT2D eigenvalue weighted by molar-refractivity contribution is 5.75. The van der Waals surface area contributed by atoms with Gasteiger partial charge in [0.25, 0.3) is 0 Å². The fraction of sp³-hybridized carbons (Fsp3) is 0.391.